The molecule has 0 aliphatic rings. The summed E-state index contributed by atoms with van der Waals surface area (Å²) in [4.78, 5) is 11.5. The molecule has 1 aromatic carbocycles. The maximum Gasteiger partial charge on any atom is 0.419 e. The molecule has 110 valence electrons. The highest BCUT2D eigenvalue weighted by Crippen LogP contribution is 2.33. The Labute approximate surface area is 113 Å². The second kappa shape index (κ2) is 6.40. The van der Waals surface area contributed by atoms with Gasteiger partial charge in [-0.1, -0.05) is 6.08 Å². The number of nitrogens with one attached hydrogen (secondary N) is 2. The average molecular weight is 290 g/mol. The molecule has 0 saturated carbocycles. The maximum atomic E-state index is 13.1. The van der Waals surface area contributed by atoms with Crippen molar-refractivity contribution in [3.05, 3.63) is 42.2 Å². The molecule has 3 nitrogen and oxygen atoms in total. The predicted molar refractivity (Wildman–Crippen MR) is 67.7 cm³/mol. The second-order valence-corrected chi connectivity index (χ2v) is 4.09. The van der Waals surface area contributed by atoms with Crippen molar-refractivity contribution in [2.45, 2.75) is 19.1 Å². The van der Waals surface area contributed by atoms with Crippen LogP contribution in [0, 0.1) is 5.82 Å². The first-order valence-corrected chi connectivity index (χ1v) is 5.77. The van der Waals surface area contributed by atoms with Crippen LogP contribution in [0.3, 0.4) is 0 Å². The van der Waals surface area contributed by atoms with Crippen molar-refractivity contribution in [3.63, 3.8) is 0 Å². The van der Waals surface area contributed by atoms with Crippen molar-refractivity contribution in [1.82, 2.24) is 5.32 Å². The molecule has 0 aliphatic carbocycles. The van der Waals surface area contributed by atoms with Gasteiger partial charge in [0.25, 0.3) is 0 Å². The van der Waals surface area contributed by atoms with Crippen molar-refractivity contribution in [2.75, 3.05) is 11.9 Å². The Morgan fingerprint density at radius 3 is 2.65 bits per heavy atom. The Hall–Kier alpha value is -2.05. The highest BCUT2D eigenvalue weighted by molar-refractivity contribution is 5.84. The Balaban J connectivity index is 2.83. The molecule has 1 amide bonds. The van der Waals surface area contributed by atoms with Crippen LogP contribution >= 0.6 is 0 Å². The van der Waals surface area contributed by atoms with E-state index in [1.807, 2.05) is 0 Å². The zero-order valence-electron chi connectivity index (χ0n) is 10.7. The molecule has 1 rings (SSSR count). The Morgan fingerprint density at radius 2 is 2.10 bits per heavy atom. The van der Waals surface area contributed by atoms with Gasteiger partial charge < -0.3 is 10.6 Å². The number of carbonyl (C=O) groups is 1. The van der Waals surface area contributed by atoms with E-state index in [2.05, 4.69) is 17.2 Å². The zero-order valence-corrected chi connectivity index (χ0v) is 10.7. The summed E-state index contributed by atoms with van der Waals surface area (Å²) < 4.78 is 50.7. The van der Waals surface area contributed by atoms with Crippen molar-refractivity contribution in [2.24, 2.45) is 0 Å². The number of halogens is 4. The largest absolute Gasteiger partial charge is 0.419 e. The molecule has 0 aromatic heterocycles. The third-order valence-electron chi connectivity index (χ3n) is 2.47. The summed E-state index contributed by atoms with van der Waals surface area (Å²) in [6, 6.07) is 1.72. The topological polar surface area (TPSA) is 41.1 Å². The Kier molecular flexibility index (Phi) is 5.12. The lowest BCUT2D eigenvalue weighted by atomic mass is 10.1. The second-order valence-electron chi connectivity index (χ2n) is 4.09. The first-order valence-electron chi connectivity index (χ1n) is 5.77. The molecule has 2 N–H and O–H groups in total. The van der Waals surface area contributed by atoms with E-state index in [-0.39, 0.29) is 12.2 Å². The fourth-order valence-corrected chi connectivity index (χ4v) is 1.47. The molecule has 1 unspecified atom stereocenters. The fourth-order valence-electron chi connectivity index (χ4n) is 1.47. The molecule has 0 aliphatic heterocycles. The number of hydrogen-bond acceptors (Lipinski definition) is 2. The number of anilines is 1. The van der Waals surface area contributed by atoms with E-state index < -0.39 is 29.5 Å². The zero-order chi connectivity index (χ0) is 15.3. The van der Waals surface area contributed by atoms with E-state index >= 15 is 0 Å². The van der Waals surface area contributed by atoms with Gasteiger partial charge in [0.15, 0.2) is 0 Å². The van der Waals surface area contributed by atoms with E-state index in [4.69, 9.17) is 0 Å². The summed E-state index contributed by atoms with van der Waals surface area (Å²) in [6.45, 7) is 5.16. The van der Waals surface area contributed by atoms with Crippen LogP contribution in [0.5, 0.6) is 0 Å². The van der Waals surface area contributed by atoms with Gasteiger partial charge in [0.1, 0.15) is 11.9 Å². The minimum Gasteiger partial charge on any atom is -0.374 e. The number of carbonyl (C=O) groups excluding carboxylic acids is 1. The summed E-state index contributed by atoms with van der Waals surface area (Å²) in [5, 5.41) is 5.07. The highest BCUT2D eigenvalue weighted by atomic mass is 19.4. The standard InChI is InChI=1S/C13H14F4N2O/c1-3-6-18-12(20)8(2)19-9-4-5-11(14)10(7-9)13(15,16)17/h3-5,7-8,19H,1,6H2,2H3,(H,18,20). The molecule has 0 fully saturated rings. The average Bonchev–Trinajstić information content (AvgIpc) is 2.36. The number of alkyl halides is 3. The Bertz CT molecular complexity index is 500. The molecular weight excluding hydrogens is 276 g/mol. The summed E-state index contributed by atoms with van der Waals surface area (Å²) >= 11 is 0. The van der Waals surface area contributed by atoms with Gasteiger partial charge in [-0.2, -0.15) is 13.2 Å². The van der Waals surface area contributed by atoms with Crippen LogP contribution in [0.25, 0.3) is 0 Å². The number of hydrogen-bond donors (Lipinski definition) is 2. The molecule has 0 bridgehead atoms. The molecule has 0 heterocycles. The fraction of sp³-hybridized carbons (Fsp3) is 0.308. The van der Waals surface area contributed by atoms with Crippen LogP contribution in [0.1, 0.15) is 12.5 Å². The lowest BCUT2D eigenvalue weighted by molar-refractivity contribution is -0.139. The van der Waals surface area contributed by atoms with Crippen LogP contribution in [0.4, 0.5) is 23.2 Å². The van der Waals surface area contributed by atoms with Crippen LogP contribution in [0.15, 0.2) is 30.9 Å². The third kappa shape index (κ3) is 4.25. The number of amides is 1. The monoisotopic (exact) mass is 290 g/mol. The number of rotatable bonds is 5. The Morgan fingerprint density at radius 1 is 1.45 bits per heavy atom. The SMILES string of the molecule is C=CCNC(=O)C(C)Nc1ccc(F)c(C(F)(F)F)c1. The molecule has 0 radical (unpaired) electrons. The van der Waals surface area contributed by atoms with E-state index in [0.717, 1.165) is 6.07 Å². The van der Waals surface area contributed by atoms with Gasteiger partial charge in [-0.25, -0.2) is 4.39 Å². The number of benzene rings is 1. The molecule has 0 saturated heterocycles. The van der Waals surface area contributed by atoms with Crippen LogP contribution < -0.4 is 10.6 Å². The van der Waals surface area contributed by atoms with E-state index in [9.17, 15) is 22.4 Å². The lowest BCUT2D eigenvalue weighted by Crippen LogP contribution is -2.37. The molecule has 0 spiro atoms. The third-order valence-corrected chi connectivity index (χ3v) is 2.47. The first-order chi connectivity index (χ1) is 9.25. The summed E-state index contributed by atoms with van der Waals surface area (Å²) in [6.07, 6.45) is -3.31. The smallest absolute Gasteiger partial charge is 0.374 e. The van der Waals surface area contributed by atoms with Crippen molar-refractivity contribution in [1.29, 1.82) is 0 Å². The van der Waals surface area contributed by atoms with Gasteiger partial charge in [-0.05, 0) is 25.1 Å². The van der Waals surface area contributed by atoms with Gasteiger partial charge >= 0.3 is 6.18 Å². The van der Waals surface area contributed by atoms with Crippen LogP contribution in [0.2, 0.25) is 0 Å². The summed E-state index contributed by atoms with van der Waals surface area (Å²) in [5.41, 5.74) is -1.36. The first kappa shape index (κ1) is 16.0. The lowest BCUT2D eigenvalue weighted by Gasteiger charge is -2.16. The van der Waals surface area contributed by atoms with Gasteiger partial charge in [0.05, 0.1) is 5.56 Å². The van der Waals surface area contributed by atoms with E-state index in [1.54, 1.807) is 0 Å². The van der Waals surface area contributed by atoms with E-state index in [1.165, 1.54) is 13.0 Å². The predicted octanol–water partition coefficient (Wildman–Crippen LogP) is 2.95. The minimum absolute atomic E-state index is 0.0139. The molecule has 1 aromatic rings. The van der Waals surface area contributed by atoms with Gasteiger partial charge in [-0.3, -0.25) is 4.79 Å². The van der Waals surface area contributed by atoms with Gasteiger partial charge in [0.2, 0.25) is 5.91 Å². The molecular formula is C13H14F4N2O. The minimum atomic E-state index is -4.78. The van der Waals surface area contributed by atoms with Gasteiger partial charge in [-0.15, -0.1) is 6.58 Å². The van der Waals surface area contributed by atoms with Crippen molar-refractivity contribution >= 4 is 11.6 Å². The quantitative estimate of drug-likeness (QED) is 0.646. The normalized spacial score (nSPS) is 12.7. The van der Waals surface area contributed by atoms with Crippen LogP contribution in [-0.2, 0) is 11.0 Å². The maximum absolute atomic E-state index is 13.1. The molecule has 20 heavy (non-hydrogen) atoms. The summed E-state index contributed by atoms with van der Waals surface area (Å²) in [5.74, 6) is -1.76. The summed E-state index contributed by atoms with van der Waals surface area (Å²) in [7, 11) is 0. The molecule has 7 heteroatoms. The van der Waals surface area contributed by atoms with E-state index in [0.29, 0.717) is 12.1 Å². The van der Waals surface area contributed by atoms with Crippen LogP contribution in [-0.4, -0.2) is 18.5 Å². The highest BCUT2D eigenvalue weighted by Gasteiger charge is 2.34. The van der Waals surface area contributed by atoms with Crippen molar-refractivity contribution < 1.29 is 22.4 Å². The van der Waals surface area contributed by atoms with Crippen molar-refractivity contribution in [3.8, 4) is 0 Å². The molecule has 1 atom stereocenters. The van der Waals surface area contributed by atoms with Gasteiger partial charge in [0, 0.05) is 12.2 Å².